The fourth-order valence-corrected chi connectivity index (χ4v) is 2.00. The maximum Gasteiger partial charge on any atom is 0.152 e. The minimum Gasteiger partial charge on any atom is -0.404 e. The molecule has 0 amide bonds. The third-order valence-corrected chi connectivity index (χ3v) is 3.17. The van der Waals surface area contributed by atoms with E-state index in [0.717, 1.165) is 11.6 Å². The summed E-state index contributed by atoms with van der Waals surface area (Å²) in [6, 6.07) is 2.38. The van der Waals surface area contributed by atoms with Crippen molar-refractivity contribution in [2.75, 3.05) is 5.73 Å². The van der Waals surface area contributed by atoms with Crippen molar-refractivity contribution >= 4 is 11.9 Å². The predicted molar refractivity (Wildman–Crippen MR) is 75.9 cm³/mol. The molecule has 0 bridgehead atoms. The van der Waals surface area contributed by atoms with Gasteiger partial charge in [-0.1, -0.05) is 0 Å². The lowest BCUT2D eigenvalue weighted by molar-refractivity contribution is 0.558. The molecule has 0 saturated heterocycles. The van der Waals surface area contributed by atoms with Crippen LogP contribution in [-0.4, -0.2) is 12.4 Å². The van der Waals surface area contributed by atoms with Crippen LogP contribution in [0.4, 0.5) is 14.5 Å². The Labute approximate surface area is 115 Å². The van der Waals surface area contributed by atoms with Crippen molar-refractivity contribution in [2.45, 2.75) is 19.0 Å². The molecule has 0 radical (unpaired) electrons. The number of nitrogens with two attached hydrogens (primary N) is 3. The maximum absolute atomic E-state index is 13.8. The van der Waals surface area contributed by atoms with E-state index in [1.54, 1.807) is 12.3 Å². The van der Waals surface area contributed by atoms with E-state index in [-0.39, 0.29) is 17.7 Å². The number of halogens is 2. The summed E-state index contributed by atoms with van der Waals surface area (Å²) in [5.41, 5.74) is 18.0. The predicted octanol–water partition coefficient (Wildman–Crippen LogP) is 1.62. The SMILES string of the molecule is N/C=C1/C=C(CCc2c(F)ccc(N)c2F)C=NC1N. The van der Waals surface area contributed by atoms with Crippen LogP contribution < -0.4 is 17.2 Å². The van der Waals surface area contributed by atoms with Crippen molar-refractivity contribution in [3.05, 3.63) is 52.8 Å². The Hall–Kier alpha value is -2.21. The molecule has 1 aromatic rings. The first-order valence-electron chi connectivity index (χ1n) is 6.16. The molecule has 1 aliphatic rings. The van der Waals surface area contributed by atoms with Crippen LogP contribution in [0.25, 0.3) is 0 Å². The first kappa shape index (κ1) is 14.2. The zero-order chi connectivity index (χ0) is 14.7. The number of aliphatic imine (C=N–C) groups is 1. The van der Waals surface area contributed by atoms with Crippen molar-refractivity contribution in [1.29, 1.82) is 0 Å². The molecule has 20 heavy (non-hydrogen) atoms. The van der Waals surface area contributed by atoms with Crippen molar-refractivity contribution in [2.24, 2.45) is 16.5 Å². The molecule has 0 aromatic heterocycles. The van der Waals surface area contributed by atoms with E-state index in [2.05, 4.69) is 4.99 Å². The highest BCUT2D eigenvalue weighted by molar-refractivity contribution is 5.81. The number of hydrogen-bond acceptors (Lipinski definition) is 4. The van der Waals surface area contributed by atoms with Crippen LogP contribution in [0.5, 0.6) is 0 Å². The van der Waals surface area contributed by atoms with Crippen LogP contribution in [0.1, 0.15) is 12.0 Å². The van der Waals surface area contributed by atoms with Crippen LogP contribution in [0.2, 0.25) is 0 Å². The smallest absolute Gasteiger partial charge is 0.152 e. The monoisotopic (exact) mass is 278 g/mol. The molecule has 0 aliphatic carbocycles. The van der Waals surface area contributed by atoms with E-state index in [9.17, 15) is 8.78 Å². The Morgan fingerprint density at radius 1 is 1.25 bits per heavy atom. The van der Waals surface area contributed by atoms with E-state index >= 15 is 0 Å². The van der Waals surface area contributed by atoms with Crippen molar-refractivity contribution in [3.8, 4) is 0 Å². The molecule has 1 heterocycles. The van der Waals surface area contributed by atoms with Gasteiger partial charge in [0.1, 0.15) is 12.0 Å². The highest BCUT2D eigenvalue weighted by atomic mass is 19.1. The second-order valence-corrected chi connectivity index (χ2v) is 4.54. The average Bonchev–Trinajstić information content (AvgIpc) is 2.44. The quantitative estimate of drug-likeness (QED) is 0.734. The number of nitrogen functional groups attached to an aromatic ring is 1. The third kappa shape index (κ3) is 2.85. The Kier molecular flexibility index (Phi) is 4.14. The highest BCUT2D eigenvalue weighted by Gasteiger charge is 2.14. The Morgan fingerprint density at radius 2 is 2.00 bits per heavy atom. The lowest BCUT2D eigenvalue weighted by Gasteiger charge is -2.15. The van der Waals surface area contributed by atoms with Crippen molar-refractivity contribution in [3.63, 3.8) is 0 Å². The van der Waals surface area contributed by atoms with Gasteiger partial charge in [0.2, 0.25) is 0 Å². The third-order valence-electron chi connectivity index (χ3n) is 3.17. The van der Waals surface area contributed by atoms with Gasteiger partial charge < -0.3 is 17.2 Å². The largest absolute Gasteiger partial charge is 0.404 e. The summed E-state index contributed by atoms with van der Waals surface area (Å²) in [5, 5.41) is 0. The van der Waals surface area contributed by atoms with Gasteiger partial charge in [-0.15, -0.1) is 0 Å². The van der Waals surface area contributed by atoms with Gasteiger partial charge in [0.05, 0.1) is 5.69 Å². The number of allylic oxidation sites excluding steroid dienone is 1. The number of nitrogens with zero attached hydrogens (tertiary/aromatic N) is 1. The van der Waals surface area contributed by atoms with Crippen LogP contribution in [0.15, 0.2) is 40.5 Å². The minimum absolute atomic E-state index is 0.0209. The van der Waals surface area contributed by atoms with Crippen molar-refractivity contribution < 1.29 is 8.78 Å². The molecule has 0 spiro atoms. The van der Waals surface area contributed by atoms with Crippen LogP contribution >= 0.6 is 0 Å². The number of rotatable bonds is 3. The summed E-state index contributed by atoms with van der Waals surface area (Å²) < 4.78 is 27.3. The van der Waals surface area contributed by atoms with E-state index in [1.807, 2.05) is 0 Å². The van der Waals surface area contributed by atoms with Gasteiger partial charge in [0.25, 0.3) is 0 Å². The molecule has 106 valence electrons. The number of benzene rings is 1. The zero-order valence-corrected chi connectivity index (χ0v) is 10.8. The summed E-state index contributed by atoms with van der Waals surface area (Å²) in [5.74, 6) is -1.30. The van der Waals surface area contributed by atoms with Gasteiger partial charge in [0.15, 0.2) is 5.82 Å². The molecular formula is C14H16F2N4. The standard InChI is InChI=1S/C14H16F2N4/c15-11-3-4-12(18)13(16)10(11)2-1-8-5-9(6-17)14(19)20-7-8/h3-7,14H,1-2,17-19H2/b9-6-. The van der Waals surface area contributed by atoms with E-state index in [0.29, 0.717) is 12.0 Å². The van der Waals surface area contributed by atoms with Gasteiger partial charge in [-0.25, -0.2) is 8.78 Å². The molecule has 6 N–H and O–H groups in total. The minimum atomic E-state index is -0.704. The second-order valence-electron chi connectivity index (χ2n) is 4.54. The lowest BCUT2D eigenvalue weighted by atomic mass is 10.00. The molecule has 1 aliphatic heterocycles. The fraction of sp³-hybridized carbons (Fsp3) is 0.214. The molecule has 1 aromatic carbocycles. The van der Waals surface area contributed by atoms with Gasteiger partial charge in [-0.05, 0) is 36.6 Å². The van der Waals surface area contributed by atoms with E-state index in [4.69, 9.17) is 17.2 Å². The fourth-order valence-electron chi connectivity index (χ4n) is 2.00. The summed E-state index contributed by atoms with van der Waals surface area (Å²) >= 11 is 0. The van der Waals surface area contributed by atoms with E-state index < -0.39 is 17.8 Å². The Bertz CT molecular complexity index is 605. The normalized spacial score (nSPS) is 20.2. The summed E-state index contributed by atoms with van der Waals surface area (Å²) in [6.45, 7) is 0. The molecule has 6 heteroatoms. The first-order chi connectivity index (χ1) is 9.52. The molecule has 0 fully saturated rings. The molecule has 2 rings (SSSR count). The maximum atomic E-state index is 13.8. The lowest BCUT2D eigenvalue weighted by Crippen LogP contribution is -2.23. The van der Waals surface area contributed by atoms with E-state index in [1.165, 1.54) is 12.3 Å². The van der Waals surface area contributed by atoms with Crippen LogP contribution in [-0.2, 0) is 6.42 Å². The summed E-state index contributed by atoms with van der Waals surface area (Å²) in [6.07, 6.45) is 4.88. The van der Waals surface area contributed by atoms with Gasteiger partial charge >= 0.3 is 0 Å². The van der Waals surface area contributed by atoms with Gasteiger partial charge in [-0.2, -0.15) is 0 Å². The Morgan fingerprint density at radius 3 is 2.70 bits per heavy atom. The molecule has 1 unspecified atom stereocenters. The number of hydrogen-bond donors (Lipinski definition) is 3. The highest BCUT2D eigenvalue weighted by Crippen LogP contribution is 2.22. The molecule has 4 nitrogen and oxygen atoms in total. The van der Waals surface area contributed by atoms with Crippen LogP contribution in [0.3, 0.4) is 0 Å². The van der Waals surface area contributed by atoms with Crippen LogP contribution in [0, 0.1) is 11.6 Å². The number of anilines is 1. The van der Waals surface area contributed by atoms with Gasteiger partial charge in [0, 0.05) is 23.6 Å². The topological polar surface area (TPSA) is 90.4 Å². The molecule has 1 atom stereocenters. The van der Waals surface area contributed by atoms with Gasteiger partial charge in [-0.3, -0.25) is 4.99 Å². The Balaban J connectivity index is 2.14. The zero-order valence-electron chi connectivity index (χ0n) is 10.8. The van der Waals surface area contributed by atoms with Crippen molar-refractivity contribution in [1.82, 2.24) is 0 Å². The molecular weight excluding hydrogens is 262 g/mol. The summed E-state index contributed by atoms with van der Waals surface area (Å²) in [7, 11) is 0. The second kappa shape index (κ2) is 5.83. The summed E-state index contributed by atoms with van der Waals surface area (Å²) in [4.78, 5) is 4.06. The number of dihydropyridines is 1. The average molecular weight is 278 g/mol. The first-order valence-corrected chi connectivity index (χ1v) is 6.16. The molecule has 0 saturated carbocycles.